The van der Waals surface area contributed by atoms with Crippen molar-refractivity contribution in [3.05, 3.63) is 38.5 Å². The van der Waals surface area contributed by atoms with E-state index in [1.807, 2.05) is 16.8 Å². The third kappa shape index (κ3) is 2.50. The summed E-state index contributed by atoms with van der Waals surface area (Å²) in [5.74, 6) is 0.0596. The van der Waals surface area contributed by atoms with Crippen molar-refractivity contribution in [1.82, 2.24) is 4.98 Å². The number of ketones is 1. The molecule has 0 radical (unpaired) electrons. The van der Waals surface area contributed by atoms with Crippen molar-refractivity contribution in [3.63, 3.8) is 0 Å². The van der Waals surface area contributed by atoms with Gasteiger partial charge in [0.15, 0.2) is 5.78 Å². The lowest BCUT2D eigenvalue weighted by molar-refractivity contribution is 0.0989. The van der Waals surface area contributed by atoms with E-state index >= 15 is 0 Å². The highest BCUT2D eigenvalue weighted by Crippen LogP contribution is 2.13. The van der Waals surface area contributed by atoms with Crippen LogP contribution in [0, 0.1) is 0 Å². The minimum atomic E-state index is 0.0596. The van der Waals surface area contributed by atoms with Gasteiger partial charge in [0.05, 0.1) is 0 Å². The zero-order valence-electron chi connectivity index (χ0n) is 7.97. The first-order valence-corrected chi connectivity index (χ1v) is 6.30. The lowest BCUT2D eigenvalue weighted by Crippen LogP contribution is -2.04. The third-order valence-corrected chi connectivity index (χ3v) is 3.56. The zero-order chi connectivity index (χ0) is 10.7. The second-order valence-electron chi connectivity index (χ2n) is 3.06. The Morgan fingerprint density at radius 3 is 2.93 bits per heavy atom. The number of carbonyl (C=O) groups is 1. The van der Waals surface area contributed by atoms with Gasteiger partial charge in [-0.1, -0.05) is 0 Å². The van der Waals surface area contributed by atoms with Gasteiger partial charge in [0.1, 0.15) is 10.7 Å². The van der Waals surface area contributed by atoms with E-state index in [1.54, 1.807) is 16.7 Å². The van der Waals surface area contributed by atoms with Crippen LogP contribution in [0.5, 0.6) is 0 Å². The van der Waals surface area contributed by atoms with Crippen LogP contribution in [0.15, 0.2) is 22.2 Å². The maximum absolute atomic E-state index is 11.7. The molecule has 2 heterocycles. The van der Waals surface area contributed by atoms with Crippen molar-refractivity contribution < 1.29 is 4.79 Å². The summed E-state index contributed by atoms with van der Waals surface area (Å²) < 4.78 is 0. The molecule has 3 nitrogen and oxygen atoms in total. The molecular weight excluding hydrogens is 228 g/mol. The van der Waals surface area contributed by atoms with E-state index in [9.17, 15) is 4.79 Å². The maximum atomic E-state index is 11.7. The van der Waals surface area contributed by atoms with E-state index in [2.05, 4.69) is 4.98 Å². The number of thiazole rings is 1. The fourth-order valence-corrected chi connectivity index (χ4v) is 2.55. The Morgan fingerprint density at radius 1 is 1.47 bits per heavy atom. The molecule has 2 aromatic rings. The number of nitrogens with two attached hydrogens (primary N) is 1. The number of nitrogens with zero attached hydrogens (tertiary/aromatic N) is 1. The summed E-state index contributed by atoms with van der Waals surface area (Å²) in [6, 6.07) is 1.96. The zero-order valence-corrected chi connectivity index (χ0v) is 9.61. The molecule has 0 aliphatic carbocycles. The van der Waals surface area contributed by atoms with Crippen molar-refractivity contribution in [3.8, 4) is 0 Å². The van der Waals surface area contributed by atoms with Crippen molar-refractivity contribution in [1.29, 1.82) is 0 Å². The van der Waals surface area contributed by atoms with E-state index in [4.69, 9.17) is 5.73 Å². The lowest BCUT2D eigenvalue weighted by atomic mass is 10.1. The quantitative estimate of drug-likeness (QED) is 0.830. The van der Waals surface area contributed by atoms with Crippen molar-refractivity contribution >= 4 is 28.5 Å². The van der Waals surface area contributed by atoms with Gasteiger partial charge in [-0.15, -0.1) is 11.3 Å². The van der Waals surface area contributed by atoms with Gasteiger partial charge in [-0.05, 0) is 22.4 Å². The molecule has 78 valence electrons. The van der Waals surface area contributed by atoms with Crippen LogP contribution >= 0.6 is 22.7 Å². The van der Waals surface area contributed by atoms with E-state index < -0.39 is 0 Å². The molecule has 2 aromatic heterocycles. The largest absolute Gasteiger partial charge is 0.325 e. The SMILES string of the molecule is NCc1nc(C(=O)Cc2ccsc2)cs1. The second-order valence-corrected chi connectivity index (χ2v) is 4.78. The summed E-state index contributed by atoms with van der Waals surface area (Å²) in [6.45, 7) is 0.399. The van der Waals surface area contributed by atoms with Crippen LogP contribution in [0.1, 0.15) is 21.1 Å². The van der Waals surface area contributed by atoms with Gasteiger partial charge >= 0.3 is 0 Å². The van der Waals surface area contributed by atoms with Crippen LogP contribution in [0.25, 0.3) is 0 Å². The first kappa shape index (κ1) is 10.5. The van der Waals surface area contributed by atoms with Crippen molar-refractivity contribution in [2.45, 2.75) is 13.0 Å². The highest BCUT2D eigenvalue weighted by atomic mass is 32.1. The molecule has 0 aliphatic heterocycles. The summed E-state index contributed by atoms with van der Waals surface area (Å²) in [7, 11) is 0. The number of rotatable bonds is 4. The summed E-state index contributed by atoms with van der Waals surface area (Å²) >= 11 is 3.03. The number of Topliss-reactive ketones (excluding diaryl/α,β-unsaturated/α-hetero) is 1. The minimum absolute atomic E-state index is 0.0596. The van der Waals surface area contributed by atoms with Gasteiger partial charge in [-0.25, -0.2) is 4.98 Å². The van der Waals surface area contributed by atoms with E-state index in [0.29, 0.717) is 18.7 Å². The monoisotopic (exact) mass is 238 g/mol. The molecule has 15 heavy (non-hydrogen) atoms. The molecule has 0 saturated carbocycles. The van der Waals surface area contributed by atoms with Crippen LogP contribution in [-0.4, -0.2) is 10.8 Å². The predicted octanol–water partition coefficient (Wildman–Crippen LogP) is 2.09. The van der Waals surface area contributed by atoms with Gasteiger partial charge < -0.3 is 5.73 Å². The van der Waals surface area contributed by atoms with Gasteiger partial charge in [0.25, 0.3) is 0 Å². The van der Waals surface area contributed by atoms with E-state index in [0.717, 1.165) is 10.6 Å². The number of aromatic nitrogens is 1. The molecule has 0 aliphatic rings. The highest BCUT2D eigenvalue weighted by molar-refractivity contribution is 7.09. The van der Waals surface area contributed by atoms with Crippen LogP contribution in [-0.2, 0) is 13.0 Å². The average molecular weight is 238 g/mol. The molecule has 0 atom stereocenters. The molecular formula is C10H10N2OS2. The average Bonchev–Trinajstić information content (AvgIpc) is 2.86. The van der Waals surface area contributed by atoms with Crippen molar-refractivity contribution in [2.75, 3.05) is 0 Å². The fourth-order valence-electron chi connectivity index (χ4n) is 1.20. The Morgan fingerprint density at radius 2 is 2.33 bits per heavy atom. The standard InChI is InChI=1S/C10H10N2OS2/c11-4-10-12-8(6-15-10)9(13)3-7-1-2-14-5-7/h1-2,5-6H,3-4,11H2. The summed E-state index contributed by atoms with van der Waals surface area (Å²) in [5.41, 5.74) is 7.02. The molecule has 0 aromatic carbocycles. The van der Waals surface area contributed by atoms with Gasteiger partial charge in [-0.3, -0.25) is 4.79 Å². The van der Waals surface area contributed by atoms with E-state index in [1.165, 1.54) is 11.3 Å². The topological polar surface area (TPSA) is 56.0 Å². The van der Waals surface area contributed by atoms with Gasteiger partial charge in [0.2, 0.25) is 0 Å². The molecule has 0 fully saturated rings. The summed E-state index contributed by atoms with van der Waals surface area (Å²) in [6.07, 6.45) is 0.428. The lowest BCUT2D eigenvalue weighted by Gasteiger charge is -1.93. The first-order valence-electron chi connectivity index (χ1n) is 4.48. The molecule has 0 spiro atoms. The number of carbonyl (C=O) groups excluding carboxylic acids is 1. The van der Waals surface area contributed by atoms with Crippen LogP contribution in [0.2, 0.25) is 0 Å². The fraction of sp³-hybridized carbons (Fsp3) is 0.200. The first-order chi connectivity index (χ1) is 7.29. The Hall–Kier alpha value is -1.04. The molecule has 2 N–H and O–H groups in total. The number of thiophene rings is 1. The Bertz CT molecular complexity index is 448. The normalized spacial score (nSPS) is 10.5. The second kappa shape index (κ2) is 4.65. The van der Waals surface area contributed by atoms with Gasteiger partial charge in [0, 0.05) is 18.3 Å². The maximum Gasteiger partial charge on any atom is 0.186 e. The molecule has 0 unspecified atom stereocenters. The number of hydrogen-bond donors (Lipinski definition) is 1. The minimum Gasteiger partial charge on any atom is -0.325 e. The number of hydrogen-bond acceptors (Lipinski definition) is 5. The summed E-state index contributed by atoms with van der Waals surface area (Å²) in [5, 5.41) is 6.53. The molecule has 0 bridgehead atoms. The molecule has 0 saturated heterocycles. The van der Waals surface area contributed by atoms with E-state index in [-0.39, 0.29) is 5.78 Å². The van der Waals surface area contributed by atoms with Crippen LogP contribution < -0.4 is 5.73 Å². The van der Waals surface area contributed by atoms with Crippen molar-refractivity contribution in [2.24, 2.45) is 5.73 Å². The molecule has 0 amide bonds. The summed E-state index contributed by atoms with van der Waals surface area (Å²) in [4.78, 5) is 15.9. The molecule has 5 heteroatoms. The third-order valence-electron chi connectivity index (χ3n) is 1.96. The smallest absolute Gasteiger partial charge is 0.186 e. The Labute approximate surface area is 95.6 Å². The Kier molecular flexibility index (Phi) is 3.25. The Balaban J connectivity index is 2.08. The predicted molar refractivity (Wildman–Crippen MR) is 62.4 cm³/mol. The molecule has 2 rings (SSSR count). The highest BCUT2D eigenvalue weighted by Gasteiger charge is 2.10. The van der Waals surface area contributed by atoms with Gasteiger partial charge in [-0.2, -0.15) is 11.3 Å². The van der Waals surface area contributed by atoms with Crippen LogP contribution in [0.4, 0.5) is 0 Å². The van der Waals surface area contributed by atoms with Crippen LogP contribution in [0.3, 0.4) is 0 Å².